The van der Waals surface area contributed by atoms with Crippen LogP contribution in [0.3, 0.4) is 0 Å². The van der Waals surface area contributed by atoms with Gasteiger partial charge in [0.2, 0.25) is 0 Å². The topological polar surface area (TPSA) is 92.2 Å². The van der Waals surface area contributed by atoms with E-state index in [1.807, 2.05) is 12.1 Å². The Kier molecular flexibility index (Phi) is 7.76. The molecule has 0 radical (unpaired) electrons. The SMILES string of the molecule is CN(C)CCCn1ccc2cc(-c3cc(Nc4ccc(NS(=O)(=O)c5c(F)cccc5F)cc4)ncn3)ccc21. The minimum atomic E-state index is -4.45. The lowest BCUT2D eigenvalue weighted by atomic mass is 10.1. The largest absolute Gasteiger partial charge is 0.347 e. The third-order valence-corrected chi connectivity index (χ3v) is 7.77. The summed E-state index contributed by atoms with van der Waals surface area (Å²) in [6, 6.07) is 19.3. The molecule has 0 saturated carbocycles. The highest BCUT2D eigenvalue weighted by atomic mass is 32.2. The smallest absolute Gasteiger partial charge is 0.267 e. The Labute approximate surface area is 231 Å². The molecule has 0 aliphatic carbocycles. The number of fused-ring (bicyclic) bond motifs is 1. The van der Waals surface area contributed by atoms with Crippen molar-refractivity contribution in [1.29, 1.82) is 0 Å². The van der Waals surface area contributed by atoms with Gasteiger partial charge in [0.1, 0.15) is 23.8 Å². The van der Waals surface area contributed by atoms with Crippen LogP contribution in [-0.2, 0) is 16.6 Å². The van der Waals surface area contributed by atoms with Crippen molar-refractivity contribution in [2.75, 3.05) is 30.7 Å². The molecule has 0 saturated heterocycles. The summed E-state index contributed by atoms with van der Waals surface area (Å²) in [5.74, 6) is -1.78. The number of hydrogen-bond acceptors (Lipinski definition) is 6. The Bertz CT molecular complexity index is 1730. The van der Waals surface area contributed by atoms with E-state index in [-0.39, 0.29) is 5.69 Å². The van der Waals surface area contributed by atoms with Gasteiger partial charge >= 0.3 is 0 Å². The molecule has 0 amide bonds. The van der Waals surface area contributed by atoms with E-state index < -0.39 is 26.6 Å². The van der Waals surface area contributed by atoms with Crippen molar-refractivity contribution in [3.8, 4) is 11.3 Å². The molecule has 5 rings (SSSR count). The minimum absolute atomic E-state index is 0.151. The summed E-state index contributed by atoms with van der Waals surface area (Å²) in [6.07, 6.45) is 4.64. The van der Waals surface area contributed by atoms with E-state index in [1.54, 1.807) is 12.1 Å². The molecule has 206 valence electrons. The van der Waals surface area contributed by atoms with Gasteiger partial charge in [0.15, 0.2) is 4.90 Å². The molecule has 0 bridgehead atoms. The van der Waals surface area contributed by atoms with Crippen LogP contribution in [0.4, 0.5) is 26.0 Å². The van der Waals surface area contributed by atoms with Crippen molar-refractivity contribution >= 4 is 38.1 Å². The van der Waals surface area contributed by atoms with Crippen molar-refractivity contribution in [3.05, 3.63) is 97.0 Å². The molecule has 0 aliphatic heterocycles. The number of nitrogens with zero attached hydrogens (tertiary/aromatic N) is 4. The molecule has 2 aromatic heterocycles. The maximum Gasteiger partial charge on any atom is 0.267 e. The van der Waals surface area contributed by atoms with Gasteiger partial charge in [0.05, 0.1) is 5.69 Å². The third kappa shape index (κ3) is 6.11. The standard InChI is InChI=1S/C29H28F2N6O2S/c1-36(2)14-4-15-37-16-13-21-17-20(7-12-27(21)37)26-18-28(33-19-32-26)34-22-8-10-23(11-9-22)35-40(38,39)29-24(30)5-3-6-25(29)31/h3,5-13,16-19,35H,4,14-15H2,1-2H3,(H,32,33,34). The number of anilines is 3. The summed E-state index contributed by atoms with van der Waals surface area (Å²) in [7, 11) is -0.304. The van der Waals surface area contributed by atoms with Crippen LogP contribution in [0.1, 0.15) is 6.42 Å². The van der Waals surface area contributed by atoms with Gasteiger partial charge in [-0.15, -0.1) is 0 Å². The van der Waals surface area contributed by atoms with Crippen LogP contribution in [0.15, 0.2) is 90.2 Å². The maximum atomic E-state index is 14.0. The second-order valence-corrected chi connectivity index (χ2v) is 11.2. The molecule has 0 aliphatic rings. The second kappa shape index (κ2) is 11.4. The second-order valence-electron chi connectivity index (χ2n) is 9.59. The Morgan fingerprint density at radius 1 is 0.900 bits per heavy atom. The first-order chi connectivity index (χ1) is 19.2. The average Bonchev–Trinajstić information content (AvgIpc) is 3.31. The average molecular weight is 563 g/mol. The lowest BCUT2D eigenvalue weighted by Gasteiger charge is -2.11. The molecule has 2 N–H and O–H groups in total. The van der Waals surface area contributed by atoms with Gasteiger partial charge in [-0.1, -0.05) is 12.1 Å². The van der Waals surface area contributed by atoms with Crippen molar-refractivity contribution in [3.63, 3.8) is 0 Å². The first-order valence-corrected chi connectivity index (χ1v) is 14.1. The molecule has 40 heavy (non-hydrogen) atoms. The monoisotopic (exact) mass is 562 g/mol. The number of benzene rings is 3. The Balaban J connectivity index is 1.28. The van der Waals surface area contributed by atoms with Gasteiger partial charge in [-0.2, -0.15) is 0 Å². The van der Waals surface area contributed by atoms with E-state index in [4.69, 9.17) is 0 Å². The summed E-state index contributed by atoms with van der Waals surface area (Å²) in [5.41, 5.74) is 3.65. The van der Waals surface area contributed by atoms with E-state index in [0.717, 1.165) is 54.4 Å². The van der Waals surface area contributed by atoms with Crippen molar-refractivity contribution in [2.24, 2.45) is 0 Å². The van der Waals surface area contributed by atoms with Crippen LogP contribution in [0.5, 0.6) is 0 Å². The lowest BCUT2D eigenvalue weighted by molar-refractivity contribution is 0.388. The molecular formula is C29H28F2N6O2S. The zero-order chi connectivity index (χ0) is 28.3. The van der Waals surface area contributed by atoms with Crippen LogP contribution in [-0.4, -0.2) is 48.5 Å². The highest BCUT2D eigenvalue weighted by molar-refractivity contribution is 7.92. The first-order valence-electron chi connectivity index (χ1n) is 12.6. The van der Waals surface area contributed by atoms with Gasteiger partial charge in [-0.05, 0) is 81.7 Å². The number of nitrogens with one attached hydrogen (secondary N) is 2. The van der Waals surface area contributed by atoms with E-state index >= 15 is 0 Å². The van der Waals surface area contributed by atoms with Gasteiger partial charge in [0.25, 0.3) is 10.0 Å². The lowest BCUT2D eigenvalue weighted by Crippen LogP contribution is -2.16. The van der Waals surface area contributed by atoms with Crippen molar-refractivity contribution < 1.29 is 17.2 Å². The molecule has 5 aromatic rings. The molecule has 8 nitrogen and oxygen atoms in total. The van der Waals surface area contributed by atoms with Crippen molar-refractivity contribution in [1.82, 2.24) is 19.4 Å². The number of aryl methyl sites for hydroxylation is 1. The van der Waals surface area contributed by atoms with Crippen LogP contribution in [0.2, 0.25) is 0 Å². The van der Waals surface area contributed by atoms with Crippen LogP contribution in [0.25, 0.3) is 22.2 Å². The molecule has 0 atom stereocenters. The molecular weight excluding hydrogens is 534 g/mol. The predicted octanol–water partition coefficient (Wildman–Crippen LogP) is 5.87. The summed E-state index contributed by atoms with van der Waals surface area (Å²) in [5, 5.41) is 4.30. The van der Waals surface area contributed by atoms with Crippen molar-refractivity contribution in [2.45, 2.75) is 17.9 Å². The quantitative estimate of drug-likeness (QED) is 0.221. The normalized spacial score (nSPS) is 11.7. The first kappa shape index (κ1) is 27.2. The third-order valence-electron chi connectivity index (χ3n) is 6.34. The van der Waals surface area contributed by atoms with Gasteiger partial charge in [0, 0.05) is 46.6 Å². The predicted molar refractivity (Wildman–Crippen MR) is 153 cm³/mol. The van der Waals surface area contributed by atoms with E-state index in [1.165, 1.54) is 24.0 Å². The molecule has 11 heteroatoms. The Hall–Kier alpha value is -4.35. The zero-order valence-electron chi connectivity index (χ0n) is 22.0. The van der Waals surface area contributed by atoms with E-state index in [9.17, 15) is 17.2 Å². The van der Waals surface area contributed by atoms with Crippen LogP contribution < -0.4 is 10.0 Å². The fraction of sp³-hybridized carbons (Fsp3) is 0.172. The molecule has 0 spiro atoms. The summed E-state index contributed by atoms with van der Waals surface area (Å²) in [6.45, 7) is 1.98. The fourth-order valence-electron chi connectivity index (χ4n) is 4.41. The van der Waals surface area contributed by atoms with Crippen LogP contribution >= 0.6 is 0 Å². The van der Waals surface area contributed by atoms with Gasteiger partial charge < -0.3 is 14.8 Å². The number of halogens is 2. The molecule has 2 heterocycles. The molecule has 0 unspecified atom stereocenters. The van der Waals surface area contributed by atoms with E-state index in [0.29, 0.717) is 11.5 Å². The maximum absolute atomic E-state index is 14.0. The zero-order valence-corrected chi connectivity index (χ0v) is 22.8. The highest BCUT2D eigenvalue weighted by Gasteiger charge is 2.23. The van der Waals surface area contributed by atoms with Gasteiger partial charge in [-0.3, -0.25) is 4.72 Å². The Morgan fingerprint density at radius 2 is 1.62 bits per heavy atom. The molecule has 0 fully saturated rings. The Morgan fingerprint density at radius 3 is 2.35 bits per heavy atom. The number of sulfonamides is 1. The minimum Gasteiger partial charge on any atom is -0.347 e. The summed E-state index contributed by atoms with van der Waals surface area (Å²) < 4.78 is 57.4. The number of hydrogen-bond donors (Lipinski definition) is 2. The molecule has 3 aromatic carbocycles. The summed E-state index contributed by atoms with van der Waals surface area (Å²) in [4.78, 5) is 9.87. The van der Waals surface area contributed by atoms with Gasteiger partial charge in [-0.25, -0.2) is 27.2 Å². The summed E-state index contributed by atoms with van der Waals surface area (Å²) >= 11 is 0. The highest BCUT2D eigenvalue weighted by Crippen LogP contribution is 2.27. The fourth-order valence-corrected chi connectivity index (χ4v) is 5.61. The van der Waals surface area contributed by atoms with E-state index in [2.05, 4.69) is 68.0 Å². The van der Waals surface area contributed by atoms with Crippen LogP contribution in [0, 0.1) is 11.6 Å². The number of rotatable bonds is 10. The number of aromatic nitrogens is 3.